The van der Waals surface area contributed by atoms with Crippen LogP contribution >= 0.6 is 11.6 Å². The van der Waals surface area contributed by atoms with Gasteiger partial charge in [0.1, 0.15) is 6.04 Å². The molecule has 0 radical (unpaired) electrons. The minimum absolute atomic E-state index is 0.0971. The third kappa shape index (κ3) is 4.27. The Morgan fingerprint density at radius 1 is 1.61 bits per heavy atom. The maximum absolute atomic E-state index is 11.9. The van der Waals surface area contributed by atoms with Crippen LogP contribution in [0.3, 0.4) is 0 Å². The predicted molar refractivity (Wildman–Crippen MR) is 73.4 cm³/mol. The number of rotatable bonds is 5. The second kappa shape index (κ2) is 7.57. The number of carbonyl (C=O) groups excluding carboxylic acids is 1. The molecular weight excluding hydrogens is 250 g/mol. The third-order valence-corrected chi connectivity index (χ3v) is 2.64. The first-order chi connectivity index (χ1) is 8.69. The van der Waals surface area contributed by atoms with E-state index in [-0.39, 0.29) is 11.9 Å². The molecular formula is C13H16ClN3O. The van der Waals surface area contributed by atoms with Crippen molar-refractivity contribution in [3.8, 4) is 11.8 Å². The van der Waals surface area contributed by atoms with E-state index < -0.39 is 0 Å². The first-order valence-corrected chi connectivity index (χ1v) is 6.11. The number of pyridine rings is 1. The van der Waals surface area contributed by atoms with Crippen LogP contribution in [0, 0.1) is 11.8 Å². The highest BCUT2D eigenvalue weighted by atomic mass is 35.5. The molecule has 1 atom stereocenters. The van der Waals surface area contributed by atoms with E-state index in [0.717, 1.165) is 0 Å². The zero-order chi connectivity index (χ0) is 13.4. The largest absolute Gasteiger partial charge is 0.371 e. The molecule has 1 heterocycles. The van der Waals surface area contributed by atoms with Crippen LogP contribution in [0.4, 0.5) is 5.69 Å². The lowest BCUT2D eigenvalue weighted by Crippen LogP contribution is -2.39. The van der Waals surface area contributed by atoms with E-state index in [4.69, 9.17) is 11.6 Å². The highest BCUT2D eigenvalue weighted by Gasteiger charge is 2.16. The molecule has 1 rings (SSSR count). The van der Waals surface area contributed by atoms with Crippen molar-refractivity contribution >= 4 is 23.2 Å². The normalized spacial score (nSPS) is 11.1. The molecule has 1 amide bonds. The maximum atomic E-state index is 11.9. The summed E-state index contributed by atoms with van der Waals surface area (Å²) in [7, 11) is 0. The number of carbonyl (C=O) groups is 1. The number of nitrogens with zero attached hydrogens (tertiary/aromatic N) is 1. The summed E-state index contributed by atoms with van der Waals surface area (Å²) in [5.74, 6) is 5.41. The lowest BCUT2D eigenvalue weighted by atomic mass is 10.2. The average molecular weight is 266 g/mol. The van der Waals surface area contributed by atoms with Crippen LogP contribution < -0.4 is 10.6 Å². The number of aromatic nitrogens is 1. The van der Waals surface area contributed by atoms with Gasteiger partial charge in [0, 0.05) is 6.20 Å². The topological polar surface area (TPSA) is 54.0 Å². The number of amides is 1. The molecule has 96 valence electrons. The second-order valence-corrected chi connectivity index (χ2v) is 3.95. The van der Waals surface area contributed by atoms with E-state index in [9.17, 15) is 4.79 Å². The van der Waals surface area contributed by atoms with Gasteiger partial charge in [0.25, 0.3) is 0 Å². The molecule has 0 aliphatic heterocycles. The Balaban J connectivity index is 2.63. The predicted octanol–water partition coefficient (Wildman–Crippen LogP) is 2.06. The number of halogens is 1. The van der Waals surface area contributed by atoms with E-state index >= 15 is 0 Å². The van der Waals surface area contributed by atoms with Crippen molar-refractivity contribution < 1.29 is 4.79 Å². The minimum Gasteiger partial charge on any atom is -0.371 e. The van der Waals surface area contributed by atoms with Crippen LogP contribution in [0.2, 0.25) is 5.15 Å². The van der Waals surface area contributed by atoms with E-state index in [2.05, 4.69) is 27.5 Å². The van der Waals surface area contributed by atoms with Gasteiger partial charge in [-0.2, -0.15) is 0 Å². The quantitative estimate of drug-likeness (QED) is 0.633. The molecule has 1 unspecified atom stereocenters. The number of hydrogen-bond acceptors (Lipinski definition) is 3. The van der Waals surface area contributed by atoms with Crippen LogP contribution in [-0.4, -0.2) is 23.5 Å². The Kier molecular flexibility index (Phi) is 6.03. The Hall–Kier alpha value is -1.73. The van der Waals surface area contributed by atoms with Crippen molar-refractivity contribution in [3.63, 3.8) is 0 Å². The van der Waals surface area contributed by atoms with E-state index in [1.807, 2.05) is 6.92 Å². The molecule has 2 N–H and O–H groups in total. The molecule has 0 bridgehead atoms. The SMILES string of the molecule is CC#CCNC(=O)C(CC)Nc1cccnc1Cl. The van der Waals surface area contributed by atoms with Gasteiger partial charge in [-0.25, -0.2) is 4.98 Å². The highest BCUT2D eigenvalue weighted by molar-refractivity contribution is 6.32. The summed E-state index contributed by atoms with van der Waals surface area (Å²) in [6.07, 6.45) is 2.25. The van der Waals surface area contributed by atoms with Crippen LogP contribution in [0.25, 0.3) is 0 Å². The van der Waals surface area contributed by atoms with Gasteiger partial charge >= 0.3 is 0 Å². The van der Waals surface area contributed by atoms with Crippen molar-refractivity contribution in [2.75, 3.05) is 11.9 Å². The lowest BCUT2D eigenvalue weighted by molar-refractivity contribution is -0.121. The van der Waals surface area contributed by atoms with Crippen LogP contribution in [0.1, 0.15) is 20.3 Å². The van der Waals surface area contributed by atoms with Crippen LogP contribution in [-0.2, 0) is 4.79 Å². The molecule has 1 aromatic rings. The van der Waals surface area contributed by atoms with Gasteiger partial charge in [-0.3, -0.25) is 4.79 Å². The molecule has 0 aliphatic carbocycles. The zero-order valence-electron chi connectivity index (χ0n) is 10.5. The molecule has 1 aromatic heterocycles. The molecule has 0 fully saturated rings. The first kappa shape index (κ1) is 14.3. The van der Waals surface area contributed by atoms with Crippen LogP contribution in [0.5, 0.6) is 0 Å². The minimum atomic E-state index is -0.342. The van der Waals surface area contributed by atoms with E-state index in [1.165, 1.54) is 0 Å². The van der Waals surface area contributed by atoms with Crippen molar-refractivity contribution in [2.45, 2.75) is 26.3 Å². The summed E-state index contributed by atoms with van der Waals surface area (Å²) in [5.41, 5.74) is 0.655. The smallest absolute Gasteiger partial charge is 0.243 e. The fraction of sp³-hybridized carbons (Fsp3) is 0.385. The Morgan fingerprint density at radius 3 is 3.00 bits per heavy atom. The summed E-state index contributed by atoms with van der Waals surface area (Å²) in [6, 6.07) is 3.21. The molecule has 0 aliphatic rings. The van der Waals surface area contributed by atoms with Crippen molar-refractivity contribution in [2.24, 2.45) is 0 Å². The number of anilines is 1. The summed E-state index contributed by atoms with van der Waals surface area (Å²) >= 11 is 5.93. The van der Waals surface area contributed by atoms with Gasteiger partial charge in [0.2, 0.25) is 5.91 Å². The molecule has 5 heteroatoms. The number of hydrogen-bond donors (Lipinski definition) is 2. The average Bonchev–Trinajstić information content (AvgIpc) is 2.38. The molecule has 0 saturated carbocycles. The van der Waals surface area contributed by atoms with Crippen molar-refractivity contribution in [1.82, 2.24) is 10.3 Å². The van der Waals surface area contributed by atoms with Gasteiger partial charge in [-0.15, -0.1) is 5.92 Å². The van der Waals surface area contributed by atoms with Gasteiger partial charge in [0.05, 0.1) is 12.2 Å². The van der Waals surface area contributed by atoms with Gasteiger partial charge in [-0.05, 0) is 25.5 Å². The summed E-state index contributed by atoms with van der Waals surface area (Å²) < 4.78 is 0. The summed E-state index contributed by atoms with van der Waals surface area (Å²) in [6.45, 7) is 4.01. The number of nitrogens with one attached hydrogen (secondary N) is 2. The molecule has 4 nitrogen and oxygen atoms in total. The van der Waals surface area contributed by atoms with Gasteiger partial charge in [0.15, 0.2) is 5.15 Å². The summed E-state index contributed by atoms with van der Waals surface area (Å²) in [5, 5.41) is 6.16. The lowest BCUT2D eigenvalue weighted by Gasteiger charge is -2.17. The standard InChI is InChI=1S/C13H16ClN3O/c1-3-5-8-16-13(18)10(4-2)17-11-7-6-9-15-12(11)14/h6-7,9-10,17H,4,8H2,1-2H3,(H,16,18). The summed E-state index contributed by atoms with van der Waals surface area (Å²) in [4.78, 5) is 15.8. The third-order valence-electron chi connectivity index (χ3n) is 2.34. The molecule has 18 heavy (non-hydrogen) atoms. The van der Waals surface area contributed by atoms with Gasteiger partial charge < -0.3 is 10.6 Å². The fourth-order valence-corrected chi connectivity index (χ4v) is 1.55. The maximum Gasteiger partial charge on any atom is 0.243 e. The highest BCUT2D eigenvalue weighted by Crippen LogP contribution is 2.19. The van der Waals surface area contributed by atoms with Crippen molar-refractivity contribution in [1.29, 1.82) is 0 Å². The second-order valence-electron chi connectivity index (χ2n) is 3.59. The Morgan fingerprint density at radius 2 is 2.39 bits per heavy atom. The monoisotopic (exact) mass is 265 g/mol. The fourth-order valence-electron chi connectivity index (χ4n) is 1.38. The Bertz CT molecular complexity index is 465. The Labute approximate surface area is 112 Å². The van der Waals surface area contributed by atoms with Gasteiger partial charge in [-0.1, -0.05) is 24.4 Å². The first-order valence-electron chi connectivity index (χ1n) is 5.73. The van der Waals surface area contributed by atoms with E-state index in [1.54, 1.807) is 25.3 Å². The molecule has 0 saturated heterocycles. The molecule has 0 aromatic carbocycles. The zero-order valence-corrected chi connectivity index (χ0v) is 11.2. The molecule has 0 spiro atoms. The van der Waals surface area contributed by atoms with Crippen LogP contribution in [0.15, 0.2) is 18.3 Å². The van der Waals surface area contributed by atoms with E-state index in [0.29, 0.717) is 23.8 Å². The van der Waals surface area contributed by atoms with Crippen molar-refractivity contribution in [3.05, 3.63) is 23.5 Å².